The number of amides is 2. The summed E-state index contributed by atoms with van der Waals surface area (Å²) in [6, 6.07) is 3.42. The first-order chi connectivity index (χ1) is 9.56. The zero-order valence-electron chi connectivity index (χ0n) is 11.7. The van der Waals surface area contributed by atoms with Crippen molar-refractivity contribution in [3.8, 4) is 0 Å². The summed E-state index contributed by atoms with van der Waals surface area (Å²) < 4.78 is 26.4. The second kappa shape index (κ2) is 6.68. The van der Waals surface area contributed by atoms with Crippen molar-refractivity contribution in [1.82, 2.24) is 10.2 Å². The van der Waals surface area contributed by atoms with Crippen molar-refractivity contribution in [3.63, 3.8) is 0 Å². The third-order valence-corrected chi connectivity index (χ3v) is 3.70. The Hall–Kier alpha value is -1.65. The molecule has 0 heterocycles. The molecule has 2 amide bonds. The number of hydrogen-bond acceptors (Lipinski definition) is 1. The lowest BCUT2D eigenvalue weighted by molar-refractivity contribution is 0.198. The van der Waals surface area contributed by atoms with E-state index in [0.717, 1.165) is 31.7 Å². The summed E-state index contributed by atoms with van der Waals surface area (Å²) in [4.78, 5) is 13.4. The number of carbonyl (C=O) groups is 1. The van der Waals surface area contributed by atoms with Gasteiger partial charge in [-0.2, -0.15) is 0 Å². The van der Waals surface area contributed by atoms with Crippen molar-refractivity contribution in [3.05, 3.63) is 35.4 Å². The Balaban J connectivity index is 1.89. The molecule has 1 aliphatic carbocycles. The molecule has 0 atom stereocenters. The summed E-state index contributed by atoms with van der Waals surface area (Å²) in [6.45, 7) is 0.130. The molecule has 1 saturated carbocycles. The maximum atomic E-state index is 13.5. The standard InChI is InChI=1S/C15H20F2N2O/c1-19(10-11-7-8-12(16)9-14(11)17)15(20)18-13-5-3-2-4-6-13/h7-9,13H,2-6,10H2,1H3,(H,18,20). The second-order valence-electron chi connectivity index (χ2n) is 5.38. The molecule has 0 radical (unpaired) electrons. The van der Waals surface area contributed by atoms with Gasteiger partial charge in [-0.1, -0.05) is 25.3 Å². The lowest BCUT2D eigenvalue weighted by Gasteiger charge is -2.26. The molecule has 0 aromatic heterocycles. The minimum absolute atomic E-state index is 0.130. The highest BCUT2D eigenvalue weighted by atomic mass is 19.1. The van der Waals surface area contributed by atoms with Gasteiger partial charge in [0.1, 0.15) is 11.6 Å². The van der Waals surface area contributed by atoms with Gasteiger partial charge in [0.15, 0.2) is 0 Å². The topological polar surface area (TPSA) is 32.3 Å². The van der Waals surface area contributed by atoms with E-state index in [2.05, 4.69) is 5.32 Å². The van der Waals surface area contributed by atoms with Crippen LogP contribution in [0.25, 0.3) is 0 Å². The summed E-state index contributed by atoms with van der Waals surface area (Å²) in [6.07, 6.45) is 5.51. The van der Waals surface area contributed by atoms with Gasteiger partial charge in [-0.15, -0.1) is 0 Å². The van der Waals surface area contributed by atoms with Crippen molar-refractivity contribution in [2.24, 2.45) is 0 Å². The lowest BCUT2D eigenvalue weighted by Crippen LogP contribution is -2.43. The van der Waals surface area contributed by atoms with Gasteiger partial charge in [-0.25, -0.2) is 13.6 Å². The quantitative estimate of drug-likeness (QED) is 0.905. The molecule has 1 N–H and O–H groups in total. The first-order valence-electron chi connectivity index (χ1n) is 7.02. The van der Waals surface area contributed by atoms with Crippen molar-refractivity contribution in [1.29, 1.82) is 0 Å². The van der Waals surface area contributed by atoms with Gasteiger partial charge >= 0.3 is 6.03 Å². The van der Waals surface area contributed by atoms with Gasteiger partial charge in [0.05, 0.1) is 0 Å². The molecule has 1 aromatic rings. The van der Waals surface area contributed by atoms with Gasteiger partial charge in [0, 0.05) is 31.3 Å². The predicted molar refractivity (Wildman–Crippen MR) is 73.2 cm³/mol. The zero-order chi connectivity index (χ0) is 14.5. The molecule has 0 aliphatic heterocycles. The Morgan fingerprint density at radius 2 is 2.00 bits per heavy atom. The number of nitrogens with zero attached hydrogens (tertiary/aromatic N) is 1. The van der Waals surface area contributed by atoms with E-state index in [0.29, 0.717) is 5.56 Å². The fourth-order valence-corrected chi connectivity index (χ4v) is 2.51. The van der Waals surface area contributed by atoms with Gasteiger partial charge in [-0.3, -0.25) is 0 Å². The lowest BCUT2D eigenvalue weighted by atomic mass is 9.96. The summed E-state index contributed by atoms with van der Waals surface area (Å²) >= 11 is 0. The fraction of sp³-hybridized carbons (Fsp3) is 0.533. The number of nitrogens with one attached hydrogen (secondary N) is 1. The smallest absolute Gasteiger partial charge is 0.317 e. The molecule has 0 saturated heterocycles. The van der Waals surface area contributed by atoms with Crippen LogP contribution in [0, 0.1) is 11.6 Å². The summed E-state index contributed by atoms with van der Waals surface area (Å²) in [5.74, 6) is -1.23. The van der Waals surface area contributed by atoms with Crippen LogP contribution in [-0.2, 0) is 6.54 Å². The summed E-state index contributed by atoms with van der Waals surface area (Å²) in [5.41, 5.74) is 0.313. The van der Waals surface area contributed by atoms with E-state index in [1.165, 1.54) is 23.5 Å². The van der Waals surface area contributed by atoms with Crippen LogP contribution in [0.3, 0.4) is 0 Å². The fourth-order valence-electron chi connectivity index (χ4n) is 2.51. The van der Waals surface area contributed by atoms with Gasteiger partial charge < -0.3 is 10.2 Å². The highest BCUT2D eigenvalue weighted by Crippen LogP contribution is 2.18. The van der Waals surface area contributed by atoms with Crippen molar-refractivity contribution in [2.45, 2.75) is 44.7 Å². The van der Waals surface area contributed by atoms with Crippen LogP contribution in [0.4, 0.5) is 13.6 Å². The average molecular weight is 282 g/mol. The molecule has 1 fully saturated rings. The van der Waals surface area contributed by atoms with Crippen LogP contribution >= 0.6 is 0 Å². The molecule has 5 heteroatoms. The van der Waals surface area contributed by atoms with E-state index in [-0.39, 0.29) is 18.6 Å². The normalized spacial score (nSPS) is 15.9. The van der Waals surface area contributed by atoms with Gasteiger partial charge in [0.2, 0.25) is 0 Å². The summed E-state index contributed by atoms with van der Waals surface area (Å²) in [5, 5.41) is 2.96. The first-order valence-corrected chi connectivity index (χ1v) is 7.02. The molecular formula is C15H20F2N2O. The van der Waals surface area contributed by atoms with E-state index in [1.807, 2.05) is 0 Å². The van der Waals surface area contributed by atoms with Crippen LogP contribution in [0.5, 0.6) is 0 Å². The Morgan fingerprint density at radius 1 is 1.30 bits per heavy atom. The number of urea groups is 1. The number of rotatable bonds is 3. The van der Waals surface area contributed by atoms with E-state index in [9.17, 15) is 13.6 Å². The minimum atomic E-state index is -0.623. The number of benzene rings is 1. The van der Waals surface area contributed by atoms with Gasteiger partial charge in [0.25, 0.3) is 0 Å². The van der Waals surface area contributed by atoms with Crippen LogP contribution < -0.4 is 5.32 Å². The van der Waals surface area contributed by atoms with Crippen LogP contribution in [0.1, 0.15) is 37.7 Å². The molecule has 0 unspecified atom stereocenters. The molecule has 0 spiro atoms. The maximum Gasteiger partial charge on any atom is 0.317 e. The number of carbonyl (C=O) groups excluding carboxylic acids is 1. The van der Waals surface area contributed by atoms with Gasteiger partial charge in [-0.05, 0) is 18.9 Å². The maximum absolute atomic E-state index is 13.5. The summed E-state index contributed by atoms with van der Waals surface area (Å²) in [7, 11) is 1.61. The molecule has 3 nitrogen and oxygen atoms in total. The first kappa shape index (κ1) is 14.8. The van der Waals surface area contributed by atoms with E-state index in [1.54, 1.807) is 7.05 Å². The number of hydrogen-bond donors (Lipinski definition) is 1. The highest BCUT2D eigenvalue weighted by Gasteiger charge is 2.18. The Bertz CT molecular complexity index is 473. The Labute approximate surface area is 118 Å². The molecular weight excluding hydrogens is 262 g/mol. The highest BCUT2D eigenvalue weighted by molar-refractivity contribution is 5.74. The van der Waals surface area contributed by atoms with Crippen LogP contribution in [0.2, 0.25) is 0 Å². The Morgan fingerprint density at radius 3 is 2.65 bits per heavy atom. The minimum Gasteiger partial charge on any atom is -0.335 e. The zero-order valence-corrected chi connectivity index (χ0v) is 11.7. The third kappa shape index (κ3) is 3.92. The molecule has 1 aliphatic rings. The predicted octanol–water partition coefficient (Wildman–Crippen LogP) is 3.44. The van der Waals surface area contributed by atoms with Crippen LogP contribution in [0.15, 0.2) is 18.2 Å². The molecule has 1 aromatic carbocycles. The van der Waals surface area contributed by atoms with E-state index >= 15 is 0 Å². The second-order valence-corrected chi connectivity index (χ2v) is 5.38. The van der Waals surface area contributed by atoms with Crippen molar-refractivity contribution >= 4 is 6.03 Å². The van der Waals surface area contributed by atoms with Crippen molar-refractivity contribution < 1.29 is 13.6 Å². The third-order valence-electron chi connectivity index (χ3n) is 3.70. The molecule has 0 bridgehead atoms. The molecule has 20 heavy (non-hydrogen) atoms. The van der Waals surface area contributed by atoms with E-state index in [4.69, 9.17) is 0 Å². The molecule has 110 valence electrons. The SMILES string of the molecule is CN(Cc1ccc(F)cc1F)C(=O)NC1CCCCC1. The molecule has 2 rings (SSSR count). The Kier molecular flexibility index (Phi) is 4.93. The monoisotopic (exact) mass is 282 g/mol. The van der Waals surface area contributed by atoms with E-state index < -0.39 is 11.6 Å². The largest absolute Gasteiger partial charge is 0.335 e. The van der Waals surface area contributed by atoms with Crippen molar-refractivity contribution in [2.75, 3.05) is 7.05 Å². The number of halogens is 2. The van der Waals surface area contributed by atoms with Crippen LogP contribution in [-0.4, -0.2) is 24.0 Å². The average Bonchev–Trinajstić information content (AvgIpc) is 2.43.